The zero-order valence-electron chi connectivity index (χ0n) is 15.5. The number of carboxylic acid groups (broad SMARTS) is 1. The van der Waals surface area contributed by atoms with Crippen LogP contribution in [-0.4, -0.2) is 30.1 Å². The van der Waals surface area contributed by atoms with Gasteiger partial charge in [-0.15, -0.1) is 11.3 Å². The van der Waals surface area contributed by atoms with E-state index in [0.29, 0.717) is 23.4 Å². The van der Waals surface area contributed by atoms with Gasteiger partial charge in [0, 0.05) is 11.3 Å². The van der Waals surface area contributed by atoms with Crippen molar-refractivity contribution in [1.29, 1.82) is 0 Å². The quantitative estimate of drug-likeness (QED) is 0.602. The molecule has 0 spiro atoms. The molecule has 0 saturated heterocycles. The Bertz CT molecular complexity index is 767. The maximum absolute atomic E-state index is 12.9. The van der Waals surface area contributed by atoms with E-state index in [9.17, 15) is 19.5 Å². The predicted octanol–water partition coefficient (Wildman–Crippen LogP) is 3.80. The van der Waals surface area contributed by atoms with Crippen molar-refractivity contribution in [3.05, 3.63) is 28.2 Å². The summed E-state index contributed by atoms with van der Waals surface area (Å²) in [6.45, 7) is 0. The molecule has 0 radical (unpaired) electrons. The summed E-state index contributed by atoms with van der Waals surface area (Å²) in [6, 6.07) is 0. The van der Waals surface area contributed by atoms with Crippen LogP contribution in [0, 0.1) is 11.8 Å². The number of anilines is 1. The normalized spacial score (nSPS) is 23.4. The van der Waals surface area contributed by atoms with Gasteiger partial charge < -0.3 is 15.2 Å². The average Bonchev–Trinajstić information content (AvgIpc) is 2.97. The molecule has 1 aromatic rings. The van der Waals surface area contributed by atoms with E-state index in [2.05, 4.69) is 17.5 Å². The van der Waals surface area contributed by atoms with Crippen LogP contribution in [0.3, 0.4) is 0 Å². The van der Waals surface area contributed by atoms with Gasteiger partial charge in [-0.2, -0.15) is 0 Å². The minimum absolute atomic E-state index is 0.308. The Hall–Kier alpha value is -2.15. The number of esters is 1. The molecule has 6 nitrogen and oxygen atoms in total. The molecule has 1 saturated carbocycles. The molecular formula is C20H25NO5S. The van der Waals surface area contributed by atoms with Gasteiger partial charge in [0.15, 0.2) is 0 Å². The summed E-state index contributed by atoms with van der Waals surface area (Å²) in [6.07, 6.45) is 10.3. The molecule has 2 aliphatic rings. The number of ether oxygens (including phenoxy) is 1. The van der Waals surface area contributed by atoms with Crippen molar-refractivity contribution >= 4 is 34.2 Å². The van der Waals surface area contributed by atoms with Gasteiger partial charge in [0.2, 0.25) is 5.91 Å². The Morgan fingerprint density at radius 3 is 2.59 bits per heavy atom. The van der Waals surface area contributed by atoms with Crippen LogP contribution >= 0.6 is 11.3 Å². The molecule has 2 N–H and O–H groups in total. The van der Waals surface area contributed by atoms with Gasteiger partial charge in [-0.25, -0.2) is 4.79 Å². The van der Waals surface area contributed by atoms with Crippen molar-refractivity contribution < 1.29 is 24.2 Å². The Labute approximate surface area is 162 Å². The molecule has 0 aliphatic heterocycles. The molecule has 0 unspecified atom stereocenters. The number of carbonyl (C=O) groups excluding carboxylic acids is 2. The zero-order valence-corrected chi connectivity index (χ0v) is 16.3. The third-order valence-corrected chi connectivity index (χ3v) is 6.57. The second kappa shape index (κ2) is 8.69. The number of methoxy groups -OCH3 is 1. The van der Waals surface area contributed by atoms with Crippen molar-refractivity contribution in [2.75, 3.05) is 12.4 Å². The number of carboxylic acids is 1. The van der Waals surface area contributed by atoms with Crippen molar-refractivity contribution in [3.8, 4) is 0 Å². The molecule has 1 heterocycles. The van der Waals surface area contributed by atoms with Gasteiger partial charge in [0.25, 0.3) is 0 Å². The van der Waals surface area contributed by atoms with E-state index in [1.54, 1.807) is 0 Å². The lowest BCUT2D eigenvalue weighted by molar-refractivity contribution is -0.147. The van der Waals surface area contributed by atoms with Crippen LogP contribution in [-0.2, 0) is 27.2 Å². The minimum atomic E-state index is -0.924. The van der Waals surface area contributed by atoms with Gasteiger partial charge in [-0.05, 0) is 37.7 Å². The first-order valence-corrected chi connectivity index (χ1v) is 10.3. The number of thiophene rings is 1. The number of allylic oxidation sites excluding steroid dienone is 2. The Balaban J connectivity index is 1.90. The van der Waals surface area contributed by atoms with Crippen LogP contribution in [0.2, 0.25) is 0 Å². The monoisotopic (exact) mass is 391 g/mol. The largest absolute Gasteiger partial charge is 0.481 e. The molecule has 3 rings (SSSR count). The second-order valence-corrected chi connectivity index (χ2v) is 8.20. The standard InChI is InChI=1S/C20H25NO5S/c1-26-20(25)16-14-10-4-2-3-5-11-15(14)27-18(16)21-17(22)12-8-6-7-9-13(12)19(23)24/h3,5,12-13H,2,4,6-11H2,1H3,(H,21,22)(H,23,24)/b5-3+/t12-,13-/m1/s1. The van der Waals surface area contributed by atoms with Crippen LogP contribution in [0.1, 0.15) is 59.3 Å². The molecule has 27 heavy (non-hydrogen) atoms. The number of hydrogen-bond acceptors (Lipinski definition) is 5. The first kappa shape index (κ1) is 19.6. The first-order valence-electron chi connectivity index (χ1n) is 9.44. The Kier molecular flexibility index (Phi) is 6.31. The fourth-order valence-corrected chi connectivity index (χ4v) is 5.21. The molecule has 0 aromatic carbocycles. The topological polar surface area (TPSA) is 92.7 Å². The SMILES string of the molecule is COC(=O)c1c(NC(=O)[C@@H]2CCCC[C@H]2C(=O)O)sc2c1CCC/C=C/C2. The Morgan fingerprint density at radius 1 is 1.15 bits per heavy atom. The summed E-state index contributed by atoms with van der Waals surface area (Å²) in [4.78, 5) is 37.9. The van der Waals surface area contributed by atoms with Gasteiger partial charge >= 0.3 is 11.9 Å². The lowest BCUT2D eigenvalue weighted by atomic mass is 9.78. The van der Waals surface area contributed by atoms with Gasteiger partial charge in [-0.1, -0.05) is 25.0 Å². The lowest BCUT2D eigenvalue weighted by Crippen LogP contribution is -2.36. The number of amides is 1. The maximum atomic E-state index is 12.9. The molecule has 2 aliphatic carbocycles. The van der Waals surface area contributed by atoms with E-state index in [4.69, 9.17) is 4.74 Å². The zero-order chi connectivity index (χ0) is 19.4. The van der Waals surface area contributed by atoms with E-state index in [-0.39, 0.29) is 5.91 Å². The van der Waals surface area contributed by atoms with Crippen LogP contribution in [0.5, 0.6) is 0 Å². The number of nitrogens with one attached hydrogen (secondary N) is 1. The molecule has 146 valence electrons. The second-order valence-electron chi connectivity index (χ2n) is 7.09. The molecule has 1 fully saturated rings. The fraction of sp³-hybridized carbons (Fsp3) is 0.550. The summed E-state index contributed by atoms with van der Waals surface area (Å²) >= 11 is 1.40. The van der Waals surface area contributed by atoms with Crippen molar-refractivity contribution in [2.45, 2.75) is 51.4 Å². The number of carbonyl (C=O) groups is 3. The van der Waals surface area contributed by atoms with E-state index in [1.807, 2.05) is 0 Å². The average molecular weight is 391 g/mol. The summed E-state index contributed by atoms with van der Waals surface area (Å²) in [5, 5.41) is 12.8. The number of aliphatic carboxylic acids is 1. The third kappa shape index (κ3) is 4.24. The highest BCUT2D eigenvalue weighted by molar-refractivity contribution is 7.17. The van der Waals surface area contributed by atoms with Crippen molar-refractivity contribution in [3.63, 3.8) is 0 Å². The van der Waals surface area contributed by atoms with Crippen LogP contribution < -0.4 is 5.32 Å². The van der Waals surface area contributed by atoms with E-state index < -0.39 is 23.8 Å². The van der Waals surface area contributed by atoms with Crippen molar-refractivity contribution in [2.24, 2.45) is 11.8 Å². The number of rotatable bonds is 4. The van der Waals surface area contributed by atoms with Crippen LogP contribution in [0.25, 0.3) is 0 Å². The van der Waals surface area contributed by atoms with Crippen LogP contribution in [0.4, 0.5) is 5.00 Å². The number of hydrogen-bond donors (Lipinski definition) is 2. The third-order valence-electron chi connectivity index (χ3n) is 5.40. The predicted molar refractivity (Wildman–Crippen MR) is 103 cm³/mol. The summed E-state index contributed by atoms with van der Waals surface area (Å²) < 4.78 is 4.96. The fourth-order valence-electron chi connectivity index (χ4n) is 4.00. The minimum Gasteiger partial charge on any atom is -0.481 e. The highest BCUT2D eigenvalue weighted by Crippen LogP contribution is 2.38. The van der Waals surface area contributed by atoms with E-state index >= 15 is 0 Å². The van der Waals surface area contributed by atoms with E-state index in [0.717, 1.165) is 49.0 Å². The van der Waals surface area contributed by atoms with Crippen molar-refractivity contribution in [1.82, 2.24) is 0 Å². The summed E-state index contributed by atoms with van der Waals surface area (Å²) in [7, 11) is 1.34. The van der Waals surface area contributed by atoms with E-state index in [1.165, 1.54) is 18.4 Å². The number of fused-ring (bicyclic) bond motifs is 1. The first-order chi connectivity index (χ1) is 13.0. The molecule has 7 heteroatoms. The molecular weight excluding hydrogens is 366 g/mol. The smallest absolute Gasteiger partial charge is 0.341 e. The molecule has 1 aromatic heterocycles. The van der Waals surface area contributed by atoms with Gasteiger partial charge in [0.1, 0.15) is 5.00 Å². The lowest BCUT2D eigenvalue weighted by Gasteiger charge is -2.27. The molecule has 0 bridgehead atoms. The highest BCUT2D eigenvalue weighted by Gasteiger charge is 2.36. The van der Waals surface area contributed by atoms with Crippen LogP contribution in [0.15, 0.2) is 12.2 Å². The summed E-state index contributed by atoms with van der Waals surface area (Å²) in [5.74, 6) is -2.91. The van der Waals surface area contributed by atoms with Gasteiger partial charge in [-0.3, -0.25) is 9.59 Å². The maximum Gasteiger partial charge on any atom is 0.341 e. The highest BCUT2D eigenvalue weighted by atomic mass is 32.1. The molecule has 1 amide bonds. The summed E-state index contributed by atoms with van der Waals surface area (Å²) in [5.41, 5.74) is 1.38. The molecule has 2 atom stereocenters. The Morgan fingerprint density at radius 2 is 1.89 bits per heavy atom. The van der Waals surface area contributed by atoms with Gasteiger partial charge in [0.05, 0.1) is 24.5 Å².